The Morgan fingerprint density at radius 1 is 1.08 bits per heavy atom. The predicted octanol–water partition coefficient (Wildman–Crippen LogP) is 5.58. The number of rotatable bonds is 12. The lowest BCUT2D eigenvalue weighted by molar-refractivity contribution is -0.128. The van der Waals surface area contributed by atoms with Crippen molar-refractivity contribution >= 4 is 22.6 Å². The molecule has 6 heteroatoms. The van der Waals surface area contributed by atoms with Crippen LogP contribution in [0.15, 0.2) is 36.4 Å². The summed E-state index contributed by atoms with van der Waals surface area (Å²) in [7, 11) is 0. The van der Waals surface area contributed by atoms with Gasteiger partial charge in [0.15, 0.2) is 0 Å². The summed E-state index contributed by atoms with van der Waals surface area (Å²) in [4.78, 5) is 29.2. The molecule has 1 saturated carbocycles. The van der Waals surface area contributed by atoms with E-state index in [9.17, 15) is 19.8 Å². The minimum atomic E-state index is -1.04. The molecule has 38 heavy (non-hydrogen) atoms. The van der Waals surface area contributed by atoms with E-state index >= 15 is 0 Å². The Labute approximate surface area is 227 Å². The van der Waals surface area contributed by atoms with Gasteiger partial charge in [-0.1, -0.05) is 90.0 Å². The number of carbonyl (C=O) groups excluding carboxylic acids is 2. The zero-order valence-corrected chi connectivity index (χ0v) is 23.4. The van der Waals surface area contributed by atoms with Crippen molar-refractivity contribution in [2.24, 2.45) is 11.8 Å². The van der Waals surface area contributed by atoms with Crippen LogP contribution in [0.1, 0.15) is 101 Å². The first-order valence-corrected chi connectivity index (χ1v) is 14.8. The van der Waals surface area contributed by atoms with Gasteiger partial charge in [0.2, 0.25) is 5.91 Å². The van der Waals surface area contributed by atoms with Crippen LogP contribution in [0, 0.1) is 11.8 Å². The van der Waals surface area contributed by atoms with E-state index in [0.717, 1.165) is 42.0 Å². The summed E-state index contributed by atoms with van der Waals surface area (Å²) in [6.45, 7) is 6.53. The van der Waals surface area contributed by atoms with Crippen LogP contribution in [0.25, 0.3) is 10.8 Å². The van der Waals surface area contributed by atoms with Gasteiger partial charge in [-0.2, -0.15) is 0 Å². The molecule has 2 aromatic carbocycles. The molecule has 0 aromatic heterocycles. The highest BCUT2D eigenvalue weighted by Crippen LogP contribution is 2.32. The van der Waals surface area contributed by atoms with E-state index in [4.69, 9.17) is 0 Å². The quantitative estimate of drug-likeness (QED) is 0.340. The summed E-state index contributed by atoms with van der Waals surface area (Å²) in [5.74, 6) is 0.334. The minimum Gasteiger partial charge on any atom is -0.390 e. The van der Waals surface area contributed by atoms with Crippen molar-refractivity contribution in [2.75, 3.05) is 0 Å². The molecular formula is C32H46N2O4. The molecule has 0 saturated heterocycles. The number of aliphatic hydroxyl groups is 2. The number of hydrogen-bond acceptors (Lipinski definition) is 4. The second-order valence-electron chi connectivity index (χ2n) is 12.0. The summed E-state index contributed by atoms with van der Waals surface area (Å²) in [6.07, 6.45) is 7.27. The number of nitrogens with one attached hydrogen (secondary N) is 1. The molecule has 6 nitrogen and oxygen atoms in total. The van der Waals surface area contributed by atoms with Gasteiger partial charge < -0.3 is 20.4 Å². The summed E-state index contributed by atoms with van der Waals surface area (Å²) < 4.78 is 0. The van der Waals surface area contributed by atoms with Crippen molar-refractivity contribution < 1.29 is 19.8 Å². The summed E-state index contributed by atoms with van der Waals surface area (Å²) in [5, 5.41) is 27.2. The maximum absolute atomic E-state index is 13.9. The normalized spacial score (nSPS) is 19.4. The zero-order valence-electron chi connectivity index (χ0n) is 23.4. The van der Waals surface area contributed by atoms with Gasteiger partial charge >= 0.3 is 0 Å². The van der Waals surface area contributed by atoms with Crippen molar-refractivity contribution in [1.82, 2.24) is 10.2 Å². The molecule has 4 atom stereocenters. The van der Waals surface area contributed by atoms with E-state index in [1.54, 1.807) is 4.90 Å². The molecule has 4 rings (SSSR count). The van der Waals surface area contributed by atoms with Crippen molar-refractivity contribution in [1.29, 1.82) is 0 Å². The lowest BCUT2D eigenvalue weighted by Gasteiger charge is -2.35. The van der Waals surface area contributed by atoms with Crippen molar-refractivity contribution in [2.45, 2.75) is 116 Å². The van der Waals surface area contributed by atoms with Crippen LogP contribution >= 0.6 is 0 Å². The Morgan fingerprint density at radius 3 is 2.42 bits per heavy atom. The molecule has 1 aliphatic heterocycles. The average Bonchev–Trinajstić information content (AvgIpc) is 3.21. The molecule has 1 unspecified atom stereocenters. The first-order chi connectivity index (χ1) is 18.3. The van der Waals surface area contributed by atoms with Gasteiger partial charge in [-0.25, -0.2) is 0 Å². The maximum atomic E-state index is 13.9. The van der Waals surface area contributed by atoms with Gasteiger partial charge in [0, 0.05) is 12.1 Å². The zero-order chi connectivity index (χ0) is 27.2. The molecule has 0 bridgehead atoms. The molecule has 208 valence electrons. The predicted molar refractivity (Wildman–Crippen MR) is 152 cm³/mol. The van der Waals surface area contributed by atoms with Crippen LogP contribution in [-0.4, -0.2) is 51.2 Å². The van der Waals surface area contributed by atoms with Gasteiger partial charge in [0.25, 0.3) is 5.91 Å². The second-order valence-corrected chi connectivity index (χ2v) is 12.0. The summed E-state index contributed by atoms with van der Waals surface area (Å²) in [5.41, 5.74) is 1.62. The van der Waals surface area contributed by atoms with E-state index in [1.807, 2.05) is 44.2 Å². The Kier molecular flexibility index (Phi) is 9.83. The summed E-state index contributed by atoms with van der Waals surface area (Å²) in [6, 6.07) is 10.9. The largest absolute Gasteiger partial charge is 0.390 e. The molecule has 1 heterocycles. The number of amides is 2. The fraction of sp³-hybridized carbons (Fsp3) is 0.625. The van der Waals surface area contributed by atoms with Crippen LogP contribution < -0.4 is 5.32 Å². The van der Waals surface area contributed by atoms with Gasteiger partial charge in [0.1, 0.15) is 12.1 Å². The van der Waals surface area contributed by atoms with Gasteiger partial charge in [-0.3, -0.25) is 9.59 Å². The molecule has 1 aliphatic carbocycles. The Morgan fingerprint density at radius 2 is 1.76 bits per heavy atom. The fourth-order valence-electron chi connectivity index (χ4n) is 6.34. The van der Waals surface area contributed by atoms with Crippen LogP contribution in [0.5, 0.6) is 0 Å². The standard InChI is InChI=1S/C32H46N2O4/c1-4-5-15-28(34-20-25-18-23-13-9-10-14-24(23)19-26(25)32(34)38)31(37)33-27(17-22-11-7-6-8-12-22)30(36)29(35)16-21(2)3/h9-10,13-14,18-19,21-22,27-30,35-36H,4-8,11-12,15-17,20H2,1-3H3,(H,33,37)/t27-,28?,29-,30+/m0/s1. The molecule has 0 radical (unpaired) electrons. The lowest BCUT2D eigenvalue weighted by atomic mass is 9.82. The van der Waals surface area contributed by atoms with E-state index in [0.29, 0.717) is 37.3 Å². The van der Waals surface area contributed by atoms with E-state index in [1.165, 1.54) is 19.3 Å². The first-order valence-electron chi connectivity index (χ1n) is 14.8. The number of unbranched alkanes of at least 4 members (excludes halogenated alkanes) is 1. The molecule has 2 aromatic rings. The van der Waals surface area contributed by atoms with Crippen molar-refractivity contribution in [3.05, 3.63) is 47.5 Å². The third kappa shape index (κ3) is 6.76. The molecule has 3 N–H and O–H groups in total. The van der Waals surface area contributed by atoms with Crippen molar-refractivity contribution in [3.8, 4) is 0 Å². The maximum Gasteiger partial charge on any atom is 0.255 e. The minimum absolute atomic E-state index is 0.105. The van der Waals surface area contributed by atoms with Crippen LogP contribution in [-0.2, 0) is 11.3 Å². The number of benzene rings is 2. The Balaban J connectivity index is 1.55. The number of fused-ring (bicyclic) bond motifs is 2. The summed E-state index contributed by atoms with van der Waals surface area (Å²) >= 11 is 0. The van der Waals surface area contributed by atoms with Crippen LogP contribution in [0.2, 0.25) is 0 Å². The highest BCUT2D eigenvalue weighted by atomic mass is 16.3. The number of hydrogen-bond donors (Lipinski definition) is 3. The van der Waals surface area contributed by atoms with E-state index in [2.05, 4.69) is 18.3 Å². The Hall–Kier alpha value is -2.44. The van der Waals surface area contributed by atoms with Gasteiger partial charge in [-0.05, 0) is 59.6 Å². The van der Waals surface area contributed by atoms with Gasteiger partial charge in [-0.15, -0.1) is 0 Å². The number of carbonyl (C=O) groups is 2. The Bertz CT molecular complexity index is 1090. The van der Waals surface area contributed by atoms with Crippen LogP contribution in [0.3, 0.4) is 0 Å². The fourth-order valence-corrected chi connectivity index (χ4v) is 6.34. The molecule has 0 spiro atoms. The van der Waals surface area contributed by atoms with E-state index in [-0.39, 0.29) is 17.7 Å². The molecular weight excluding hydrogens is 476 g/mol. The number of nitrogens with zero attached hydrogens (tertiary/aromatic N) is 1. The van der Waals surface area contributed by atoms with Crippen molar-refractivity contribution in [3.63, 3.8) is 0 Å². The molecule has 2 aliphatic rings. The molecule has 2 amide bonds. The average molecular weight is 523 g/mol. The van der Waals surface area contributed by atoms with E-state index < -0.39 is 24.3 Å². The molecule has 1 fully saturated rings. The topological polar surface area (TPSA) is 89.9 Å². The smallest absolute Gasteiger partial charge is 0.255 e. The highest BCUT2D eigenvalue weighted by molar-refractivity contribution is 6.04. The van der Waals surface area contributed by atoms with Gasteiger partial charge in [0.05, 0.1) is 12.1 Å². The monoisotopic (exact) mass is 522 g/mol. The van der Waals surface area contributed by atoms with Crippen LogP contribution in [0.4, 0.5) is 0 Å². The first kappa shape index (κ1) is 28.6. The number of aliphatic hydroxyl groups excluding tert-OH is 2. The lowest BCUT2D eigenvalue weighted by Crippen LogP contribution is -2.55. The second kappa shape index (κ2) is 13.1. The SMILES string of the molecule is CCCCC(C(=O)N[C@@H](CC1CCCCC1)[C@@H](O)[C@@H](O)CC(C)C)N1Cc2cc3ccccc3cc2C1=O. The third-order valence-corrected chi connectivity index (χ3v) is 8.47. The third-order valence-electron chi connectivity index (χ3n) is 8.47. The highest BCUT2D eigenvalue weighted by Gasteiger charge is 2.38.